The van der Waals surface area contributed by atoms with Crippen molar-refractivity contribution in [2.45, 2.75) is 13.8 Å². The van der Waals surface area contributed by atoms with Crippen LogP contribution in [0, 0.1) is 6.92 Å². The predicted molar refractivity (Wildman–Crippen MR) is 95.4 cm³/mol. The molecule has 2 aromatic carbocycles. The number of nitrogens with zero attached hydrogens (tertiary/aromatic N) is 1. The Hall–Kier alpha value is -3.08. The van der Waals surface area contributed by atoms with Crippen LogP contribution in [0.25, 0.3) is 10.9 Å². The highest BCUT2D eigenvalue weighted by molar-refractivity contribution is 6.11. The second kappa shape index (κ2) is 6.81. The quantitative estimate of drug-likeness (QED) is 0.679. The smallest absolute Gasteiger partial charge is 0.340 e. The minimum absolute atomic E-state index is 0.202. The summed E-state index contributed by atoms with van der Waals surface area (Å²) < 4.78 is 11.9. The molecule has 0 unspecified atom stereocenters. The molecule has 5 nitrogen and oxygen atoms in total. The topological polar surface area (TPSA) is 57.5 Å². The number of rotatable bonds is 4. The Kier molecular flexibility index (Phi) is 4.57. The molecule has 0 fully saturated rings. The summed E-state index contributed by atoms with van der Waals surface area (Å²) in [5, 5.41) is 0.700. The highest BCUT2D eigenvalue weighted by Crippen LogP contribution is 2.27. The van der Waals surface area contributed by atoms with Crippen molar-refractivity contribution in [1.29, 1.82) is 0 Å². The fourth-order valence-electron chi connectivity index (χ4n) is 2.98. The lowest BCUT2D eigenvalue weighted by atomic mass is 10.1. The molecule has 0 saturated carbocycles. The molecule has 1 aromatic heterocycles. The number of fused-ring (bicyclic) bond motifs is 1. The van der Waals surface area contributed by atoms with E-state index in [4.69, 9.17) is 9.47 Å². The molecule has 0 bridgehead atoms. The Morgan fingerprint density at radius 2 is 1.72 bits per heavy atom. The Bertz CT molecular complexity index is 938. The highest BCUT2D eigenvalue weighted by atomic mass is 16.5. The monoisotopic (exact) mass is 337 g/mol. The number of hydrogen-bond donors (Lipinski definition) is 0. The van der Waals surface area contributed by atoms with Crippen molar-refractivity contribution in [3.63, 3.8) is 0 Å². The molecule has 0 atom stereocenters. The van der Waals surface area contributed by atoms with Crippen LogP contribution in [0.15, 0.2) is 48.5 Å². The van der Waals surface area contributed by atoms with Crippen molar-refractivity contribution < 1.29 is 19.1 Å². The normalized spacial score (nSPS) is 10.7. The maximum absolute atomic E-state index is 13.0. The van der Waals surface area contributed by atoms with E-state index in [1.165, 1.54) is 7.11 Å². The Labute approximate surface area is 145 Å². The summed E-state index contributed by atoms with van der Waals surface area (Å²) in [6.45, 7) is 4.22. The largest absolute Gasteiger partial charge is 0.494 e. The molecular formula is C20H19NO4. The van der Waals surface area contributed by atoms with E-state index in [9.17, 15) is 9.59 Å². The zero-order valence-electron chi connectivity index (χ0n) is 14.4. The second-order valence-corrected chi connectivity index (χ2v) is 5.57. The first-order valence-electron chi connectivity index (χ1n) is 8.04. The maximum Gasteiger partial charge on any atom is 0.340 e. The van der Waals surface area contributed by atoms with Crippen molar-refractivity contribution in [3.8, 4) is 5.75 Å². The molecule has 0 radical (unpaired) electrons. The summed E-state index contributed by atoms with van der Waals surface area (Å²) >= 11 is 0. The first-order valence-corrected chi connectivity index (χ1v) is 8.04. The lowest BCUT2D eigenvalue weighted by molar-refractivity contribution is 0.0602. The molecular weight excluding hydrogens is 318 g/mol. The van der Waals surface area contributed by atoms with E-state index in [-0.39, 0.29) is 5.91 Å². The van der Waals surface area contributed by atoms with Crippen molar-refractivity contribution in [3.05, 3.63) is 65.4 Å². The molecule has 0 spiro atoms. The van der Waals surface area contributed by atoms with Crippen LogP contribution < -0.4 is 4.74 Å². The summed E-state index contributed by atoms with van der Waals surface area (Å²) in [6, 6.07) is 14.3. The highest BCUT2D eigenvalue weighted by Gasteiger charge is 2.24. The average molecular weight is 337 g/mol. The van der Waals surface area contributed by atoms with Gasteiger partial charge in [0.15, 0.2) is 0 Å². The van der Waals surface area contributed by atoms with Crippen molar-refractivity contribution in [2.75, 3.05) is 13.7 Å². The Morgan fingerprint density at radius 3 is 2.36 bits per heavy atom. The number of methoxy groups -OCH3 is 1. The molecule has 0 N–H and O–H groups in total. The molecule has 3 rings (SSSR count). The van der Waals surface area contributed by atoms with Crippen LogP contribution in [0.2, 0.25) is 0 Å². The van der Waals surface area contributed by atoms with E-state index in [1.54, 1.807) is 35.8 Å². The molecule has 5 heteroatoms. The van der Waals surface area contributed by atoms with Gasteiger partial charge in [0.05, 0.1) is 24.8 Å². The van der Waals surface area contributed by atoms with Crippen LogP contribution >= 0.6 is 0 Å². The predicted octanol–water partition coefficient (Wildman–Crippen LogP) is 3.82. The van der Waals surface area contributed by atoms with Gasteiger partial charge in [-0.05, 0) is 44.2 Å². The van der Waals surface area contributed by atoms with E-state index in [0.29, 0.717) is 40.1 Å². The fourth-order valence-corrected chi connectivity index (χ4v) is 2.98. The standard InChI is InChI=1S/C20H19NO4/c1-4-25-15-11-9-14(10-12-15)19(22)21-13(2)18(20(23)24-3)16-7-5-6-8-17(16)21/h5-12H,4H2,1-3H3. The summed E-state index contributed by atoms with van der Waals surface area (Å²) in [5.74, 6) is 0.0576. The van der Waals surface area contributed by atoms with E-state index >= 15 is 0 Å². The van der Waals surface area contributed by atoms with Gasteiger partial charge in [0.25, 0.3) is 5.91 Å². The van der Waals surface area contributed by atoms with Crippen molar-refractivity contribution in [2.24, 2.45) is 0 Å². The third kappa shape index (κ3) is 2.89. The number of benzene rings is 2. The van der Waals surface area contributed by atoms with Gasteiger partial charge in [-0.3, -0.25) is 9.36 Å². The van der Waals surface area contributed by atoms with Crippen molar-refractivity contribution >= 4 is 22.8 Å². The molecule has 1 heterocycles. The van der Waals surface area contributed by atoms with Crippen LogP contribution in [0.4, 0.5) is 0 Å². The zero-order chi connectivity index (χ0) is 18.0. The van der Waals surface area contributed by atoms with Gasteiger partial charge < -0.3 is 9.47 Å². The third-order valence-electron chi connectivity index (χ3n) is 4.12. The summed E-state index contributed by atoms with van der Waals surface area (Å²) in [7, 11) is 1.34. The molecule has 128 valence electrons. The number of ether oxygens (including phenoxy) is 2. The SMILES string of the molecule is CCOc1ccc(C(=O)n2c(C)c(C(=O)OC)c3ccccc32)cc1. The van der Waals surface area contributed by atoms with Crippen molar-refractivity contribution in [1.82, 2.24) is 4.57 Å². The molecule has 25 heavy (non-hydrogen) atoms. The second-order valence-electron chi connectivity index (χ2n) is 5.57. The molecule has 0 aliphatic carbocycles. The minimum atomic E-state index is -0.452. The lowest BCUT2D eigenvalue weighted by Gasteiger charge is -2.08. The number of esters is 1. The molecule has 0 aliphatic rings. The first-order chi connectivity index (χ1) is 12.1. The summed E-state index contributed by atoms with van der Waals surface area (Å²) in [5.41, 5.74) is 2.17. The molecule has 0 amide bonds. The van der Waals surface area contributed by atoms with Gasteiger partial charge in [0.1, 0.15) is 5.75 Å². The van der Waals surface area contributed by atoms with E-state index in [0.717, 1.165) is 0 Å². The number of carbonyl (C=O) groups excluding carboxylic acids is 2. The van der Waals surface area contributed by atoms with Gasteiger partial charge in [-0.2, -0.15) is 0 Å². The van der Waals surface area contributed by atoms with Crippen LogP contribution in [0.3, 0.4) is 0 Å². The number of para-hydroxylation sites is 1. The maximum atomic E-state index is 13.0. The summed E-state index contributed by atoms with van der Waals surface area (Å²) in [6.07, 6.45) is 0. The molecule has 3 aromatic rings. The van der Waals surface area contributed by atoms with Crippen LogP contribution in [0.1, 0.15) is 33.3 Å². The minimum Gasteiger partial charge on any atom is -0.494 e. The van der Waals surface area contributed by atoms with Gasteiger partial charge >= 0.3 is 5.97 Å². The van der Waals surface area contributed by atoms with Gasteiger partial charge in [-0.15, -0.1) is 0 Å². The number of carbonyl (C=O) groups is 2. The van der Waals surface area contributed by atoms with Gasteiger partial charge in [0, 0.05) is 16.6 Å². The number of aromatic nitrogens is 1. The molecule has 0 aliphatic heterocycles. The van der Waals surface area contributed by atoms with Crippen LogP contribution in [-0.2, 0) is 4.74 Å². The van der Waals surface area contributed by atoms with Gasteiger partial charge in [-0.25, -0.2) is 4.79 Å². The third-order valence-corrected chi connectivity index (χ3v) is 4.12. The zero-order valence-corrected chi connectivity index (χ0v) is 14.4. The Balaban J connectivity index is 2.13. The van der Waals surface area contributed by atoms with Gasteiger partial charge in [0.2, 0.25) is 0 Å². The average Bonchev–Trinajstić information content (AvgIpc) is 2.93. The van der Waals surface area contributed by atoms with E-state index in [1.807, 2.05) is 31.2 Å². The van der Waals surface area contributed by atoms with Gasteiger partial charge in [-0.1, -0.05) is 18.2 Å². The number of hydrogen-bond acceptors (Lipinski definition) is 4. The van der Waals surface area contributed by atoms with Crippen LogP contribution in [-0.4, -0.2) is 30.2 Å². The van der Waals surface area contributed by atoms with E-state index in [2.05, 4.69) is 0 Å². The molecule has 0 saturated heterocycles. The Morgan fingerprint density at radius 1 is 1.04 bits per heavy atom. The summed E-state index contributed by atoms with van der Waals surface area (Å²) in [4.78, 5) is 25.2. The lowest BCUT2D eigenvalue weighted by Crippen LogP contribution is -2.14. The van der Waals surface area contributed by atoms with Crippen LogP contribution in [0.5, 0.6) is 5.75 Å². The first kappa shape index (κ1) is 16.8. The van der Waals surface area contributed by atoms with E-state index < -0.39 is 5.97 Å². The fraction of sp³-hybridized carbons (Fsp3) is 0.200.